The fourth-order valence-corrected chi connectivity index (χ4v) is 2.33. The van der Waals surface area contributed by atoms with Gasteiger partial charge >= 0.3 is 0 Å². The molecule has 0 saturated carbocycles. The SMILES string of the molecule is Cc1cccc(CC(=O)NC(C)c2ccc(CN)cc2)c1. The fraction of sp³-hybridized carbons (Fsp3) is 0.278. The highest BCUT2D eigenvalue weighted by Crippen LogP contribution is 2.14. The van der Waals surface area contributed by atoms with Gasteiger partial charge in [0.2, 0.25) is 5.91 Å². The van der Waals surface area contributed by atoms with Gasteiger partial charge in [0.1, 0.15) is 0 Å². The summed E-state index contributed by atoms with van der Waals surface area (Å²) in [4.78, 5) is 12.1. The number of aryl methyl sites for hydroxylation is 1. The van der Waals surface area contributed by atoms with E-state index in [1.165, 1.54) is 5.56 Å². The first kappa shape index (κ1) is 15.3. The van der Waals surface area contributed by atoms with Crippen LogP contribution in [0.25, 0.3) is 0 Å². The maximum atomic E-state index is 12.1. The Kier molecular flexibility index (Phi) is 5.12. The van der Waals surface area contributed by atoms with Crippen LogP contribution in [-0.4, -0.2) is 5.91 Å². The molecule has 0 heterocycles. The highest BCUT2D eigenvalue weighted by molar-refractivity contribution is 5.79. The largest absolute Gasteiger partial charge is 0.349 e. The Morgan fingerprint density at radius 2 is 1.86 bits per heavy atom. The number of carbonyl (C=O) groups is 1. The summed E-state index contributed by atoms with van der Waals surface area (Å²) >= 11 is 0. The van der Waals surface area contributed by atoms with Gasteiger partial charge in [0.05, 0.1) is 12.5 Å². The second-order valence-electron chi connectivity index (χ2n) is 5.40. The van der Waals surface area contributed by atoms with Crippen molar-refractivity contribution < 1.29 is 4.79 Å². The van der Waals surface area contributed by atoms with E-state index in [-0.39, 0.29) is 11.9 Å². The van der Waals surface area contributed by atoms with E-state index in [1.807, 2.05) is 62.4 Å². The van der Waals surface area contributed by atoms with Gasteiger partial charge in [-0.1, -0.05) is 54.1 Å². The van der Waals surface area contributed by atoms with Crippen LogP contribution in [0.4, 0.5) is 0 Å². The van der Waals surface area contributed by atoms with E-state index in [9.17, 15) is 4.79 Å². The van der Waals surface area contributed by atoms with Crippen molar-refractivity contribution in [3.8, 4) is 0 Å². The Labute approximate surface area is 126 Å². The minimum atomic E-state index is -0.00543. The minimum Gasteiger partial charge on any atom is -0.349 e. The molecule has 0 fully saturated rings. The third kappa shape index (κ3) is 4.43. The molecule has 0 aliphatic rings. The average Bonchev–Trinajstić information content (AvgIpc) is 2.47. The smallest absolute Gasteiger partial charge is 0.224 e. The van der Waals surface area contributed by atoms with Crippen LogP contribution >= 0.6 is 0 Å². The molecule has 0 saturated heterocycles. The van der Waals surface area contributed by atoms with Crippen molar-refractivity contribution in [2.75, 3.05) is 0 Å². The molecule has 2 aromatic rings. The van der Waals surface area contributed by atoms with Gasteiger partial charge in [-0.2, -0.15) is 0 Å². The predicted octanol–water partition coefficient (Wildman–Crippen LogP) is 2.87. The van der Waals surface area contributed by atoms with Crippen LogP contribution in [0.2, 0.25) is 0 Å². The molecule has 0 aliphatic carbocycles. The van der Waals surface area contributed by atoms with Crippen LogP contribution in [0.5, 0.6) is 0 Å². The van der Waals surface area contributed by atoms with E-state index in [0.717, 1.165) is 16.7 Å². The van der Waals surface area contributed by atoms with Crippen molar-refractivity contribution in [1.29, 1.82) is 0 Å². The van der Waals surface area contributed by atoms with Gasteiger partial charge in [0, 0.05) is 6.54 Å². The molecule has 1 atom stereocenters. The summed E-state index contributed by atoms with van der Waals surface area (Å²) in [5.41, 5.74) is 9.98. The lowest BCUT2D eigenvalue weighted by Gasteiger charge is -2.15. The summed E-state index contributed by atoms with van der Waals surface area (Å²) in [5, 5.41) is 3.03. The first-order valence-corrected chi connectivity index (χ1v) is 7.22. The Balaban J connectivity index is 1.95. The van der Waals surface area contributed by atoms with Crippen molar-refractivity contribution in [3.05, 3.63) is 70.8 Å². The van der Waals surface area contributed by atoms with E-state index in [4.69, 9.17) is 5.73 Å². The second-order valence-corrected chi connectivity index (χ2v) is 5.40. The number of carbonyl (C=O) groups excluding carboxylic acids is 1. The van der Waals surface area contributed by atoms with E-state index in [2.05, 4.69) is 5.32 Å². The van der Waals surface area contributed by atoms with Crippen molar-refractivity contribution in [2.45, 2.75) is 32.9 Å². The monoisotopic (exact) mass is 282 g/mol. The summed E-state index contributed by atoms with van der Waals surface area (Å²) in [6.07, 6.45) is 0.410. The zero-order valence-electron chi connectivity index (χ0n) is 12.6. The molecule has 1 amide bonds. The quantitative estimate of drug-likeness (QED) is 0.886. The number of hydrogen-bond acceptors (Lipinski definition) is 2. The van der Waals surface area contributed by atoms with Crippen molar-refractivity contribution in [2.24, 2.45) is 5.73 Å². The minimum absolute atomic E-state index is 0.00543. The van der Waals surface area contributed by atoms with E-state index >= 15 is 0 Å². The standard InChI is InChI=1S/C18H22N2O/c1-13-4-3-5-16(10-13)11-18(21)20-14(2)17-8-6-15(12-19)7-9-17/h3-10,14H,11-12,19H2,1-2H3,(H,20,21). The van der Waals surface area contributed by atoms with Crippen molar-refractivity contribution in [1.82, 2.24) is 5.32 Å². The summed E-state index contributed by atoms with van der Waals surface area (Å²) in [6.45, 7) is 4.56. The number of rotatable bonds is 5. The van der Waals surface area contributed by atoms with Crippen LogP contribution < -0.4 is 11.1 Å². The predicted molar refractivity (Wildman–Crippen MR) is 85.8 cm³/mol. The lowest BCUT2D eigenvalue weighted by Crippen LogP contribution is -2.28. The molecule has 110 valence electrons. The molecular weight excluding hydrogens is 260 g/mol. The summed E-state index contributed by atoms with van der Waals surface area (Å²) < 4.78 is 0. The molecule has 2 aromatic carbocycles. The lowest BCUT2D eigenvalue weighted by molar-refractivity contribution is -0.121. The molecule has 0 aliphatic heterocycles. The maximum Gasteiger partial charge on any atom is 0.224 e. The molecule has 2 rings (SSSR count). The Bertz CT molecular complexity index is 605. The first-order valence-electron chi connectivity index (χ1n) is 7.22. The second kappa shape index (κ2) is 7.04. The molecule has 21 heavy (non-hydrogen) atoms. The lowest BCUT2D eigenvalue weighted by atomic mass is 10.0. The van der Waals surface area contributed by atoms with Gasteiger partial charge in [-0.05, 0) is 30.5 Å². The molecular formula is C18H22N2O. The van der Waals surface area contributed by atoms with Crippen LogP contribution in [0.3, 0.4) is 0 Å². The van der Waals surface area contributed by atoms with E-state index < -0.39 is 0 Å². The van der Waals surface area contributed by atoms with Crippen LogP contribution in [0.1, 0.15) is 35.2 Å². The van der Waals surface area contributed by atoms with Gasteiger partial charge in [-0.25, -0.2) is 0 Å². The van der Waals surface area contributed by atoms with E-state index in [0.29, 0.717) is 13.0 Å². The number of amides is 1. The Morgan fingerprint density at radius 3 is 2.48 bits per heavy atom. The Hall–Kier alpha value is -2.13. The molecule has 3 N–H and O–H groups in total. The van der Waals surface area contributed by atoms with Gasteiger partial charge in [0.15, 0.2) is 0 Å². The third-order valence-electron chi connectivity index (χ3n) is 3.54. The van der Waals surface area contributed by atoms with Gasteiger partial charge in [-0.15, -0.1) is 0 Å². The third-order valence-corrected chi connectivity index (χ3v) is 3.54. The van der Waals surface area contributed by atoms with Crippen LogP contribution in [0.15, 0.2) is 48.5 Å². The fourth-order valence-electron chi connectivity index (χ4n) is 2.33. The van der Waals surface area contributed by atoms with Gasteiger partial charge in [-0.3, -0.25) is 4.79 Å². The number of hydrogen-bond donors (Lipinski definition) is 2. The van der Waals surface area contributed by atoms with Gasteiger partial charge in [0.25, 0.3) is 0 Å². The van der Waals surface area contributed by atoms with Crippen molar-refractivity contribution in [3.63, 3.8) is 0 Å². The first-order chi connectivity index (χ1) is 10.1. The maximum absolute atomic E-state index is 12.1. The summed E-state index contributed by atoms with van der Waals surface area (Å²) in [6, 6.07) is 16.1. The zero-order chi connectivity index (χ0) is 15.2. The van der Waals surface area contributed by atoms with Crippen LogP contribution in [0, 0.1) is 6.92 Å². The van der Waals surface area contributed by atoms with Gasteiger partial charge < -0.3 is 11.1 Å². The number of nitrogens with two attached hydrogens (primary N) is 1. The summed E-state index contributed by atoms with van der Waals surface area (Å²) in [5.74, 6) is 0.0380. The highest BCUT2D eigenvalue weighted by atomic mass is 16.1. The number of benzene rings is 2. The Morgan fingerprint density at radius 1 is 1.14 bits per heavy atom. The molecule has 3 nitrogen and oxygen atoms in total. The molecule has 0 radical (unpaired) electrons. The zero-order valence-corrected chi connectivity index (χ0v) is 12.6. The highest BCUT2D eigenvalue weighted by Gasteiger charge is 2.10. The normalized spacial score (nSPS) is 12.0. The summed E-state index contributed by atoms with van der Waals surface area (Å²) in [7, 11) is 0. The average molecular weight is 282 g/mol. The van der Waals surface area contributed by atoms with E-state index in [1.54, 1.807) is 0 Å². The molecule has 0 spiro atoms. The molecule has 0 aromatic heterocycles. The molecule has 3 heteroatoms. The molecule has 1 unspecified atom stereocenters. The van der Waals surface area contributed by atoms with Crippen molar-refractivity contribution >= 4 is 5.91 Å². The molecule has 0 bridgehead atoms. The van der Waals surface area contributed by atoms with Crippen LogP contribution in [-0.2, 0) is 17.8 Å². The topological polar surface area (TPSA) is 55.1 Å². The number of nitrogens with one attached hydrogen (secondary N) is 1.